The molecule has 1 atom stereocenters. The van der Waals surface area contributed by atoms with Crippen LogP contribution in [0.3, 0.4) is 0 Å². The van der Waals surface area contributed by atoms with Crippen molar-refractivity contribution in [3.8, 4) is 0 Å². The Bertz CT molecular complexity index is 621. The molecule has 2 aromatic carbocycles. The highest BCUT2D eigenvalue weighted by Gasteiger charge is 2.16. The van der Waals surface area contributed by atoms with Gasteiger partial charge in [-0.3, -0.25) is 0 Å². The molecule has 0 aliphatic rings. The highest BCUT2D eigenvalue weighted by Crippen LogP contribution is 2.25. The zero-order valence-corrected chi connectivity index (χ0v) is 12.3. The quantitative estimate of drug-likeness (QED) is 0.902. The average molecular weight is 312 g/mol. The fourth-order valence-corrected chi connectivity index (χ4v) is 2.27. The second-order valence-electron chi connectivity index (χ2n) is 4.89. The highest BCUT2D eigenvalue weighted by molar-refractivity contribution is 6.31. The molecule has 0 spiro atoms. The number of nitrogens with zero attached hydrogens (tertiary/aromatic N) is 1. The number of halogens is 3. The first-order valence-electron chi connectivity index (χ1n) is 6.58. The lowest BCUT2D eigenvalue weighted by atomic mass is 10.1. The zero-order chi connectivity index (χ0) is 15.4. The van der Waals surface area contributed by atoms with Crippen molar-refractivity contribution in [2.45, 2.75) is 19.5 Å². The van der Waals surface area contributed by atoms with Gasteiger partial charge in [-0.05, 0) is 42.8 Å². The third-order valence-corrected chi connectivity index (χ3v) is 3.56. The van der Waals surface area contributed by atoms with E-state index in [9.17, 15) is 13.9 Å². The van der Waals surface area contributed by atoms with E-state index in [1.807, 2.05) is 11.8 Å². The Labute approximate surface area is 127 Å². The number of rotatable bonds is 5. The average Bonchev–Trinajstić information content (AvgIpc) is 2.47. The summed E-state index contributed by atoms with van der Waals surface area (Å²) in [5.74, 6) is -0.816. The van der Waals surface area contributed by atoms with Crippen LogP contribution in [0.1, 0.15) is 12.5 Å². The van der Waals surface area contributed by atoms with Gasteiger partial charge in [-0.15, -0.1) is 0 Å². The lowest BCUT2D eigenvalue weighted by Crippen LogP contribution is -2.35. The predicted molar refractivity (Wildman–Crippen MR) is 80.5 cm³/mol. The molecule has 0 heterocycles. The van der Waals surface area contributed by atoms with Gasteiger partial charge in [0.15, 0.2) is 0 Å². The fraction of sp³-hybridized carbons (Fsp3) is 0.250. The molecule has 1 unspecified atom stereocenters. The van der Waals surface area contributed by atoms with Crippen molar-refractivity contribution in [2.24, 2.45) is 0 Å². The summed E-state index contributed by atoms with van der Waals surface area (Å²) in [6.07, 6.45) is 0. The van der Waals surface area contributed by atoms with Gasteiger partial charge in [0.1, 0.15) is 11.6 Å². The SMILES string of the molecule is CC(CO)N(Cc1cccc(F)c1)c1ccc(F)c(Cl)c1. The highest BCUT2D eigenvalue weighted by atomic mass is 35.5. The normalized spacial score (nSPS) is 12.2. The smallest absolute Gasteiger partial charge is 0.141 e. The monoisotopic (exact) mass is 311 g/mol. The van der Waals surface area contributed by atoms with Crippen LogP contribution in [-0.4, -0.2) is 17.8 Å². The molecule has 2 rings (SSSR count). The molecule has 0 bridgehead atoms. The van der Waals surface area contributed by atoms with Crippen LogP contribution in [0.2, 0.25) is 5.02 Å². The summed E-state index contributed by atoms with van der Waals surface area (Å²) >= 11 is 5.81. The van der Waals surface area contributed by atoms with E-state index in [2.05, 4.69) is 0 Å². The molecule has 0 saturated carbocycles. The van der Waals surface area contributed by atoms with Gasteiger partial charge in [0.25, 0.3) is 0 Å². The Morgan fingerprint density at radius 2 is 1.95 bits per heavy atom. The summed E-state index contributed by atoms with van der Waals surface area (Å²) < 4.78 is 26.6. The van der Waals surface area contributed by atoms with Crippen LogP contribution < -0.4 is 4.90 Å². The summed E-state index contributed by atoms with van der Waals surface area (Å²) in [6, 6.07) is 10.4. The van der Waals surface area contributed by atoms with Crippen LogP contribution in [0.5, 0.6) is 0 Å². The summed E-state index contributed by atoms with van der Waals surface area (Å²) in [5, 5.41) is 9.42. The van der Waals surface area contributed by atoms with Crippen LogP contribution in [0.4, 0.5) is 14.5 Å². The van der Waals surface area contributed by atoms with Gasteiger partial charge in [0.05, 0.1) is 11.6 Å². The van der Waals surface area contributed by atoms with Crippen LogP contribution in [0.15, 0.2) is 42.5 Å². The van der Waals surface area contributed by atoms with Gasteiger partial charge in [-0.2, -0.15) is 0 Å². The van der Waals surface area contributed by atoms with Crippen molar-refractivity contribution in [2.75, 3.05) is 11.5 Å². The number of benzene rings is 2. The van der Waals surface area contributed by atoms with Gasteiger partial charge in [0.2, 0.25) is 0 Å². The molecule has 5 heteroatoms. The molecule has 2 aromatic rings. The second-order valence-corrected chi connectivity index (χ2v) is 5.30. The van der Waals surface area contributed by atoms with Crippen molar-refractivity contribution in [1.29, 1.82) is 0 Å². The fourth-order valence-electron chi connectivity index (χ4n) is 2.10. The standard InChI is InChI=1S/C16H16ClF2NO/c1-11(10-21)20(9-12-3-2-4-13(18)7-12)14-5-6-16(19)15(17)8-14/h2-8,11,21H,9-10H2,1H3. The minimum atomic E-state index is -0.497. The lowest BCUT2D eigenvalue weighted by molar-refractivity contribution is 0.266. The molecule has 2 nitrogen and oxygen atoms in total. The van der Waals surface area contributed by atoms with Gasteiger partial charge < -0.3 is 10.0 Å². The van der Waals surface area contributed by atoms with Gasteiger partial charge >= 0.3 is 0 Å². The molecule has 0 amide bonds. The van der Waals surface area contributed by atoms with E-state index in [4.69, 9.17) is 11.6 Å². The van der Waals surface area contributed by atoms with Crippen molar-refractivity contribution < 1.29 is 13.9 Å². The summed E-state index contributed by atoms with van der Waals surface area (Å²) in [6.45, 7) is 2.14. The van der Waals surface area contributed by atoms with E-state index in [1.165, 1.54) is 24.3 Å². The Kier molecular flexibility index (Phi) is 5.15. The van der Waals surface area contributed by atoms with E-state index in [-0.39, 0.29) is 23.5 Å². The molecule has 112 valence electrons. The van der Waals surface area contributed by atoms with Gasteiger partial charge in [-0.1, -0.05) is 23.7 Å². The number of anilines is 1. The maximum Gasteiger partial charge on any atom is 0.141 e. The Morgan fingerprint density at radius 1 is 1.19 bits per heavy atom. The molecule has 0 saturated heterocycles. The molecule has 21 heavy (non-hydrogen) atoms. The summed E-state index contributed by atoms with van der Waals surface area (Å²) in [5.41, 5.74) is 1.43. The molecule has 1 N–H and O–H groups in total. The van der Waals surface area contributed by atoms with E-state index in [0.717, 1.165) is 5.56 Å². The van der Waals surface area contributed by atoms with E-state index >= 15 is 0 Å². The van der Waals surface area contributed by atoms with E-state index in [0.29, 0.717) is 12.2 Å². The lowest BCUT2D eigenvalue weighted by Gasteiger charge is -2.30. The van der Waals surface area contributed by atoms with Crippen molar-refractivity contribution in [3.63, 3.8) is 0 Å². The second kappa shape index (κ2) is 6.87. The maximum absolute atomic E-state index is 13.3. The van der Waals surface area contributed by atoms with Crippen molar-refractivity contribution in [1.82, 2.24) is 0 Å². The number of hydrogen-bond acceptors (Lipinski definition) is 2. The van der Waals surface area contributed by atoms with Crippen LogP contribution >= 0.6 is 11.6 Å². The Balaban J connectivity index is 2.32. The number of hydrogen-bond donors (Lipinski definition) is 1. The molecule has 0 radical (unpaired) electrons. The van der Waals surface area contributed by atoms with E-state index in [1.54, 1.807) is 18.2 Å². The third-order valence-electron chi connectivity index (χ3n) is 3.27. The Hall–Kier alpha value is -1.65. The van der Waals surface area contributed by atoms with Gasteiger partial charge in [0, 0.05) is 18.3 Å². The molecular formula is C16H16ClF2NO. The number of aliphatic hydroxyl groups excluding tert-OH is 1. The van der Waals surface area contributed by atoms with Crippen LogP contribution in [0, 0.1) is 11.6 Å². The Morgan fingerprint density at radius 3 is 2.57 bits per heavy atom. The topological polar surface area (TPSA) is 23.5 Å². The first-order chi connectivity index (χ1) is 10.0. The largest absolute Gasteiger partial charge is 0.394 e. The first-order valence-corrected chi connectivity index (χ1v) is 6.96. The maximum atomic E-state index is 13.3. The molecule has 0 aliphatic heterocycles. The summed E-state index contributed by atoms with van der Waals surface area (Å²) in [4.78, 5) is 1.85. The van der Waals surface area contributed by atoms with Crippen molar-refractivity contribution >= 4 is 17.3 Å². The molecule has 0 aliphatic carbocycles. The van der Waals surface area contributed by atoms with Gasteiger partial charge in [-0.25, -0.2) is 8.78 Å². The van der Waals surface area contributed by atoms with E-state index < -0.39 is 5.82 Å². The summed E-state index contributed by atoms with van der Waals surface area (Å²) in [7, 11) is 0. The number of aliphatic hydroxyl groups is 1. The third kappa shape index (κ3) is 3.93. The minimum Gasteiger partial charge on any atom is -0.394 e. The van der Waals surface area contributed by atoms with Crippen LogP contribution in [0.25, 0.3) is 0 Å². The first kappa shape index (κ1) is 15.7. The van der Waals surface area contributed by atoms with Crippen molar-refractivity contribution in [3.05, 3.63) is 64.7 Å². The molecular weight excluding hydrogens is 296 g/mol. The predicted octanol–water partition coefficient (Wildman–Crippen LogP) is 4.01. The minimum absolute atomic E-state index is 0.0156. The van der Waals surface area contributed by atoms with Crippen LogP contribution in [-0.2, 0) is 6.54 Å². The molecule has 0 aromatic heterocycles. The molecule has 0 fully saturated rings. The zero-order valence-electron chi connectivity index (χ0n) is 11.6.